The molecule has 2 heterocycles. The fraction of sp³-hybridized carbons (Fsp3) is 0.321. The van der Waals surface area contributed by atoms with E-state index in [9.17, 15) is 4.79 Å². The summed E-state index contributed by atoms with van der Waals surface area (Å²) in [6, 6.07) is 20.3. The Morgan fingerprint density at radius 3 is 2.62 bits per heavy atom. The number of nitriles is 1. The minimum Gasteiger partial charge on any atom is -0.390 e. The maximum atomic E-state index is 12.6. The number of carbonyl (C=O) groups is 1. The summed E-state index contributed by atoms with van der Waals surface area (Å²) < 4.78 is 2.27. The molecular weight excluding hydrogens is 422 g/mol. The summed E-state index contributed by atoms with van der Waals surface area (Å²) in [6.45, 7) is 2.59. The van der Waals surface area contributed by atoms with Crippen molar-refractivity contribution in [1.29, 1.82) is 10.7 Å². The number of nitrogens with two attached hydrogens (primary N) is 1. The number of nitrogens with zero attached hydrogens (tertiary/aromatic N) is 3. The maximum Gasteiger partial charge on any atom is 0.222 e. The van der Waals surface area contributed by atoms with Gasteiger partial charge in [0.1, 0.15) is 11.8 Å². The first-order valence-electron chi connectivity index (χ1n) is 11.9. The van der Waals surface area contributed by atoms with Crippen LogP contribution in [0.2, 0.25) is 0 Å². The van der Waals surface area contributed by atoms with Crippen LogP contribution in [0, 0.1) is 22.7 Å². The highest BCUT2D eigenvalue weighted by Crippen LogP contribution is 2.26. The minimum absolute atomic E-state index is 0.0511. The summed E-state index contributed by atoms with van der Waals surface area (Å²) in [6.07, 6.45) is 7.72. The lowest BCUT2D eigenvalue weighted by molar-refractivity contribution is -0.132. The molecule has 1 aliphatic heterocycles. The Labute approximate surface area is 200 Å². The third kappa shape index (κ3) is 5.37. The van der Waals surface area contributed by atoms with Crippen molar-refractivity contribution in [3.63, 3.8) is 0 Å². The van der Waals surface area contributed by atoms with Gasteiger partial charge in [0.15, 0.2) is 0 Å². The highest BCUT2D eigenvalue weighted by atomic mass is 16.2. The molecule has 0 bridgehead atoms. The number of carbonyl (C=O) groups excluding carboxylic acids is 1. The van der Waals surface area contributed by atoms with Crippen LogP contribution in [0.25, 0.3) is 16.5 Å². The van der Waals surface area contributed by atoms with E-state index in [0.717, 1.165) is 68.0 Å². The Bertz CT molecular complexity index is 1230. The second-order valence-corrected chi connectivity index (χ2v) is 8.99. The van der Waals surface area contributed by atoms with Gasteiger partial charge in [0.25, 0.3) is 0 Å². The highest BCUT2D eigenvalue weighted by Gasteiger charge is 2.23. The van der Waals surface area contributed by atoms with E-state index in [0.29, 0.717) is 17.9 Å². The topological polar surface area (TPSA) is 98.9 Å². The van der Waals surface area contributed by atoms with Gasteiger partial charge >= 0.3 is 0 Å². The average molecular weight is 454 g/mol. The number of benzene rings is 2. The molecule has 34 heavy (non-hydrogen) atoms. The molecule has 1 aromatic heterocycles. The smallest absolute Gasteiger partial charge is 0.222 e. The standard InChI is InChI=1S/C28H31N5O/c29-18-25(26(31)19-30)23-9-10-27-24(17-23)13-16-33(27)20-22-11-14-32(15-12-22)28(34)8-4-7-21-5-2-1-3-6-21/h1-3,5-6,9-10,13,16-18,22,29H,4,7-8,11-12,14-15,20,31H2/b26-25+,29-18?. The monoisotopic (exact) mass is 453 g/mol. The van der Waals surface area contributed by atoms with E-state index in [4.69, 9.17) is 16.4 Å². The molecule has 0 spiro atoms. The Hall–Kier alpha value is -3.85. The van der Waals surface area contributed by atoms with Crippen molar-refractivity contribution in [3.8, 4) is 6.07 Å². The largest absolute Gasteiger partial charge is 0.390 e. The fourth-order valence-corrected chi connectivity index (χ4v) is 4.79. The number of amides is 1. The van der Waals surface area contributed by atoms with Crippen LogP contribution in [-0.4, -0.2) is 34.7 Å². The molecular formula is C28H31N5O. The lowest BCUT2D eigenvalue weighted by Crippen LogP contribution is -2.39. The number of piperidine rings is 1. The van der Waals surface area contributed by atoms with Crippen molar-refractivity contribution in [2.45, 2.75) is 38.6 Å². The summed E-state index contributed by atoms with van der Waals surface area (Å²) in [4.78, 5) is 14.7. The van der Waals surface area contributed by atoms with Crippen molar-refractivity contribution in [2.24, 2.45) is 11.7 Å². The lowest BCUT2D eigenvalue weighted by Gasteiger charge is -2.32. The van der Waals surface area contributed by atoms with E-state index < -0.39 is 0 Å². The van der Waals surface area contributed by atoms with Crippen molar-refractivity contribution in [3.05, 3.63) is 77.6 Å². The highest BCUT2D eigenvalue weighted by molar-refractivity contribution is 6.11. The zero-order valence-corrected chi connectivity index (χ0v) is 19.4. The summed E-state index contributed by atoms with van der Waals surface area (Å²) in [5, 5.41) is 17.7. The van der Waals surface area contributed by atoms with Crippen LogP contribution in [0.4, 0.5) is 0 Å². The van der Waals surface area contributed by atoms with E-state index in [1.807, 2.05) is 47.4 Å². The van der Waals surface area contributed by atoms with E-state index in [1.54, 1.807) is 0 Å². The quantitative estimate of drug-likeness (QED) is 0.380. The summed E-state index contributed by atoms with van der Waals surface area (Å²) in [5.74, 6) is 0.815. The number of likely N-dealkylation sites (tertiary alicyclic amines) is 1. The summed E-state index contributed by atoms with van der Waals surface area (Å²) >= 11 is 0. The summed E-state index contributed by atoms with van der Waals surface area (Å²) in [5.41, 5.74) is 9.44. The molecule has 3 N–H and O–H groups in total. The molecule has 4 rings (SSSR count). The van der Waals surface area contributed by atoms with Crippen LogP contribution >= 0.6 is 0 Å². The molecule has 1 saturated heterocycles. The van der Waals surface area contributed by atoms with Crippen molar-refractivity contribution < 1.29 is 4.79 Å². The van der Waals surface area contributed by atoms with Crippen LogP contribution in [0.3, 0.4) is 0 Å². The number of allylic oxidation sites excluding steroid dienone is 2. The van der Waals surface area contributed by atoms with Crippen molar-refractivity contribution in [1.82, 2.24) is 9.47 Å². The van der Waals surface area contributed by atoms with Crippen LogP contribution in [0.5, 0.6) is 0 Å². The number of hydrogen-bond acceptors (Lipinski definition) is 4. The maximum absolute atomic E-state index is 12.6. The van der Waals surface area contributed by atoms with Crippen LogP contribution in [-0.2, 0) is 17.8 Å². The Morgan fingerprint density at radius 2 is 1.91 bits per heavy atom. The molecule has 2 aromatic carbocycles. The number of rotatable bonds is 8. The van der Waals surface area contributed by atoms with Crippen molar-refractivity contribution >= 4 is 28.6 Å². The van der Waals surface area contributed by atoms with E-state index in [2.05, 4.69) is 29.0 Å². The van der Waals surface area contributed by atoms with Gasteiger partial charge < -0.3 is 20.6 Å². The number of nitrogens with one attached hydrogen (secondary N) is 1. The number of fused-ring (bicyclic) bond motifs is 1. The zero-order valence-electron chi connectivity index (χ0n) is 19.4. The molecule has 174 valence electrons. The molecule has 0 saturated carbocycles. The molecule has 1 aliphatic rings. The predicted octanol–water partition coefficient (Wildman–Crippen LogP) is 4.75. The molecule has 3 aromatic rings. The number of hydrogen-bond donors (Lipinski definition) is 2. The summed E-state index contributed by atoms with van der Waals surface area (Å²) in [7, 11) is 0. The Kier molecular flexibility index (Phi) is 7.44. The Balaban J connectivity index is 1.31. The van der Waals surface area contributed by atoms with E-state index in [-0.39, 0.29) is 11.6 Å². The van der Waals surface area contributed by atoms with Crippen molar-refractivity contribution in [2.75, 3.05) is 13.1 Å². The molecule has 0 radical (unpaired) electrons. The van der Waals surface area contributed by atoms with Crippen LogP contribution in [0.15, 0.2) is 66.5 Å². The number of aromatic nitrogens is 1. The third-order valence-electron chi connectivity index (χ3n) is 6.76. The first-order valence-corrected chi connectivity index (χ1v) is 11.9. The second-order valence-electron chi connectivity index (χ2n) is 8.99. The molecule has 6 heteroatoms. The van der Waals surface area contributed by atoms with Gasteiger partial charge in [-0.25, -0.2) is 0 Å². The molecule has 0 unspecified atom stereocenters. The zero-order chi connectivity index (χ0) is 23.9. The molecule has 1 amide bonds. The molecule has 1 fully saturated rings. The van der Waals surface area contributed by atoms with Gasteiger partial charge in [0.05, 0.1) is 0 Å². The first kappa shape index (κ1) is 23.3. The minimum atomic E-state index is 0.0511. The predicted molar refractivity (Wildman–Crippen MR) is 136 cm³/mol. The molecule has 6 nitrogen and oxygen atoms in total. The number of aryl methyl sites for hydroxylation is 1. The fourth-order valence-electron chi connectivity index (χ4n) is 4.79. The van der Waals surface area contributed by atoms with Gasteiger partial charge in [0, 0.05) is 54.9 Å². The Morgan fingerprint density at radius 1 is 1.15 bits per heavy atom. The first-order chi connectivity index (χ1) is 16.6. The van der Waals surface area contributed by atoms with Gasteiger partial charge in [-0.05, 0) is 60.9 Å². The molecule has 0 aliphatic carbocycles. The average Bonchev–Trinajstić information content (AvgIpc) is 3.27. The third-order valence-corrected chi connectivity index (χ3v) is 6.76. The van der Waals surface area contributed by atoms with E-state index >= 15 is 0 Å². The normalized spacial score (nSPS) is 15.1. The second kappa shape index (κ2) is 10.8. The van der Waals surface area contributed by atoms with Crippen LogP contribution in [0.1, 0.15) is 36.8 Å². The van der Waals surface area contributed by atoms with Crippen LogP contribution < -0.4 is 5.73 Å². The van der Waals surface area contributed by atoms with Gasteiger partial charge in [-0.2, -0.15) is 5.26 Å². The van der Waals surface area contributed by atoms with Gasteiger partial charge in [0.2, 0.25) is 5.91 Å². The SMILES string of the molecule is N#C/C(N)=C(/C=N)c1ccc2c(ccn2CC2CCN(C(=O)CCCc3ccccc3)CC2)c1. The van der Waals surface area contributed by atoms with Gasteiger partial charge in [-0.3, -0.25) is 4.79 Å². The lowest BCUT2D eigenvalue weighted by atomic mass is 9.96. The van der Waals surface area contributed by atoms with Gasteiger partial charge in [-0.1, -0.05) is 36.4 Å². The molecule has 0 atom stereocenters. The van der Waals surface area contributed by atoms with Gasteiger partial charge in [-0.15, -0.1) is 0 Å². The van der Waals surface area contributed by atoms with E-state index in [1.165, 1.54) is 5.56 Å².